The third-order valence-corrected chi connectivity index (χ3v) is 3.61. The van der Waals surface area contributed by atoms with Crippen molar-refractivity contribution in [2.45, 2.75) is 6.92 Å². The molecule has 0 unspecified atom stereocenters. The molecule has 1 N–H and O–H groups in total. The van der Waals surface area contributed by atoms with Gasteiger partial charge in [-0.1, -0.05) is 36.4 Å². The summed E-state index contributed by atoms with van der Waals surface area (Å²) in [6.45, 7) is 1.35. The van der Waals surface area contributed by atoms with Crippen LogP contribution in [0.25, 0.3) is 11.0 Å². The number of hydrogen-bond acceptors (Lipinski definition) is 5. The summed E-state index contributed by atoms with van der Waals surface area (Å²) in [6, 6.07) is 15.4. The van der Waals surface area contributed by atoms with Gasteiger partial charge in [-0.05, 0) is 30.7 Å². The number of hydrogen-bond donors (Lipinski definition) is 1. The van der Waals surface area contributed by atoms with Crippen molar-refractivity contribution in [1.82, 2.24) is 0 Å². The Hall–Kier alpha value is -3.41. The molecular formula is C19H15NO5. The maximum atomic E-state index is 12.1. The van der Waals surface area contributed by atoms with Crippen LogP contribution < -0.4 is 10.9 Å². The number of aryl methyl sites for hydroxylation is 1. The number of fused-ring (bicyclic) bond motifs is 1. The number of ether oxygens (including phenoxy) is 1. The van der Waals surface area contributed by atoms with Crippen LogP contribution in [0.3, 0.4) is 0 Å². The lowest BCUT2D eigenvalue weighted by molar-refractivity contribution is -0.119. The molecule has 1 amide bonds. The van der Waals surface area contributed by atoms with Gasteiger partial charge in [-0.15, -0.1) is 0 Å². The highest BCUT2D eigenvalue weighted by Gasteiger charge is 2.16. The van der Waals surface area contributed by atoms with Gasteiger partial charge in [0.15, 0.2) is 6.61 Å². The summed E-state index contributed by atoms with van der Waals surface area (Å²) < 4.78 is 10.00. The van der Waals surface area contributed by atoms with Gasteiger partial charge in [0.05, 0.1) is 0 Å². The molecule has 6 nitrogen and oxygen atoms in total. The summed E-state index contributed by atoms with van der Waals surface area (Å²) in [7, 11) is 0. The first kappa shape index (κ1) is 16.4. The van der Waals surface area contributed by atoms with E-state index in [4.69, 9.17) is 9.15 Å². The van der Waals surface area contributed by atoms with Crippen molar-refractivity contribution >= 4 is 28.5 Å². The Kier molecular flexibility index (Phi) is 4.61. The number of nitrogens with one attached hydrogen (secondary N) is 1. The Bertz CT molecular complexity index is 1010. The van der Waals surface area contributed by atoms with Gasteiger partial charge in [0, 0.05) is 11.1 Å². The first-order valence-corrected chi connectivity index (χ1v) is 7.60. The summed E-state index contributed by atoms with van der Waals surface area (Å²) in [5.74, 6) is -1.40. The molecule has 0 radical (unpaired) electrons. The largest absolute Gasteiger partial charge is 0.452 e. The number of anilines is 1. The van der Waals surface area contributed by atoms with Crippen molar-refractivity contribution < 1.29 is 18.7 Å². The van der Waals surface area contributed by atoms with E-state index in [-0.39, 0.29) is 5.56 Å². The van der Waals surface area contributed by atoms with E-state index in [1.54, 1.807) is 36.4 Å². The Morgan fingerprint density at radius 3 is 2.60 bits per heavy atom. The Morgan fingerprint density at radius 2 is 1.80 bits per heavy atom. The number of carbonyl (C=O) groups is 2. The molecule has 3 aromatic rings. The van der Waals surface area contributed by atoms with Crippen LogP contribution in [0.1, 0.15) is 15.9 Å². The molecule has 0 spiro atoms. The second-order valence-corrected chi connectivity index (χ2v) is 5.42. The van der Waals surface area contributed by atoms with Gasteiger partial charge in [0.2, 0.25) is 0 Å². The maximum absolute atomic E-state index is 12.1. The topological polar surface area (TPSA) is 85.6 Å². The zero-order valence-electron chi connectivity index (χ0n) is 13.4. The molecule has 0 aliphatic carbocycles. The van der Waals surface area contributed by atoms with Crippen molar-refractivity contribution in [2.24, 2.45) is 0 Å². The standard InChI is InChI=1S/C19H15NO5/c1-12-6-2-4-8-15(12)20-17(21)11-24-18(22)14-10-13-7-3-5-9-16(13)25-19(14)23/h2-10H,11H2,1H3,(H,20,21). The molecule has 0 atom stereocenters. The fourth-order valence-electron chi connectivity index (χ4n) is 2.31. The minimum Gasteiger partial charge on any atom is -0.452 e. The van der Waals surface area contributed by atoms with Gasteiger partial charge >= 0.3 is 11.6 Å². The summed E-state index contributed by atoms with van der Waals surface area (Å²) in [4.78, 5) is 35.9. The second-order valence-electron chi connectivity index (χ2n) is 5.42. The highest BCUT2D eigenvalue weighted by Crippen LogP contribution is 2.14. The summed E-state index contributed by atoms with van der Waals surface area (Å²) in [6.07, 6.45) is 0. The molecule has 2 aromatic carbocycles. The quantitative estimate of drug-likeness (QED) is 0.584. The lowest BCUT2D eigenvalue weighted by Gasteiger charge is -2.08. The van der Waals surface area contributed by atoms with Crippen LogP contribution in [0.2, 0.25) is 0 Å². The summed E-state index contributed by atoms with van der Waals surface area (Å²) >= 11 is 0. The third-order valence-electron chi connectivity index (χ3n) is 3.61. The predicted octanol–water partition coefficient (Wildman–Crippen LogP) is 2.90. The van der Waals surface area contributed by atoms with Gasteiger partial charge < -0.3 is 14.5 Å². The van der Waals surface area contributed by atoms with E-state index < -0.39 is 24.1 Å². The zero-order chi connectivity index (χ0) is 17.8. The highest BCUT2D eigenvalue weighted by molar-refractivity contribution is 5.97. The van der Waals surface area contributed by atoms with Gasteiger partial charge in [0.1, 0.15) is 11.1 Å². The monoisotopic (exact) mass is 337 g/mol. The second kappa shape index (κ2) is 7.00. The number of para-hydroxylation sites is 2. The number of esters is 1. The van der Waals surface area contributed by atoms with Crippen LogP contribution in [0, 0.1) is 6.92 Å². The van der Waals surface area contributed by atoms with Crippen LogP contribution in [0.4, 0.5) is 5.69 Å². The normalized spacial score (nSPS) is 10.4. The van der Waals surface area contributed by atoms with Crippen LogP contribution in [0.5, 0.6) is 0 Å². The molecule has 1 heterocycles. The molecule has 0 bridgehead atoms. The molecule has 0 fully saturated rings. The number of carbonyl (C=O) groups excluding carboxylic acids is 2. The minimum atomic E-state index is -0.903. The van der Waals surface area contributed by atoms with Crippen molar-refractivity contribution in [3.63, 3.8) is 0 Å². The van der Waals surface area contributed by atoms with E-state index in [0.717, 1.165) is 5.56 Å². The van der Waals surface area contributed by atoms with E-state index >= 15 is 0 Å². The number of amides is 1. The molecule has 25 heavy (non-hydrogen) atoms. The smallest absolute Gasteiger partial charge is 0.351 e. The predicted molar refractivity (Wildman–Crippen MR) is 92.6 cm³/mol. The SMILES string of the molecule is Cc1ccccc1NC(=O)COC(=O)c1cc2ccccc2oc1=O. The molecule has 3 rings (SSSR count). The summed E-state index contributed by atoms with van der Waals surface area (Å²) in [5, 5.41) is 3.24. The number of rotatable bonds is 4. The molecule has 126 valence electrons. The highest BCUT2D eigenvalue weighted by atomic mass is 16.5. The minimum absolute atomic E-state index is 0.248. The van der Waals surface area contributed by atoms with Crippen molar-refractivity contribution in [2.75, 3.05) is 11.9 Å². The van der Waals surface area contributed by atoms with E-state index in [1.807, 2.05) is 19.1 Å². The first-order chi connectivity index (χ1) is 12.0. The van der Waals surface area contributed by atoms with E-state index in [0.29, 0.717) is 16.7 Å². The molecule has 1 aromatic heterocycles. The lowest BCUT2D eigenvalue weighted by atomic mass is 10.2. The molecular weight excluding hydrogens is 322 g/mol. The van der Waals surface area contributed by atoms with Crippen LogP contribution in [-0.4, -0.2) is 18.5 Å². The molecule has 0 saturated carbocycles. The average Bonchev–Trinajstić information content (AvgIpc) is 2.61. The van der Waals surface area contributed by atoms with Crippen LogP contribution in [-0.2, 0) is 9.53 Å². The average molecular weight is 337 g/mol. The van der Waals surface area contributed by atoms with E-state index in [1.165, 1.54) is 6.07 Å². The Morgan fingerprint density at radius 1 is 1.08 bits per heavy atom. The Labute approximate surface area is 143 Å². The van der Waals surface area contributed by atoms with Gasteiger partial charge in [-0.2, -0.15) is 0 Å². The summed E-state index contributed by atoms with van der Waals surface area (Å²) in [5.41, 5.74) is 0.845. The fraction of sp³-hybridized carbons (Fsp3) is 0.105. The third kappa shape index (κ3) is 3.74. The van der Waals surface area contributed by atoms with E-state index in [9.17, 15) is 14.4 Å². The van der Waals surface area contributed by atoms with Crippen LogP contribution in [0.15, 0.2) is 63.8 Å². The maximum Gasteiger partial charge on any atom is 0.351 e. The molecule has 0 aliphatic heterocycles. The van der Waals surface area contributed by atoms with Gasteiger partial charge in [-0.25, -0.2) is 9.59 Å². The zero-order valence-corrected chi connectivity index (χ0v) is 13.4. The van der Waals surface area contributed by atoms with Gasteiger partial charge in [0.25, 0.3) is 5.91 Å². The molecule has 0 aliphatic rings. The Balaban J connectivity index is 1.68. The van der Waals surface area contributed by atoms with Crippen molar-refractivity contribution in [1.29, 1.82) is 0 Å². The van der Waals surface area contributed by atoms with Crippen molar-refractivity contribution in [3.8, 4) is 0 Å². The lowest BCUT2D eigenvalue weighted by Crippen LogP contribution is -2.23. The molecule has 6 heteroatoms. The van der Waals surface area contributed by atoms with Crippen molar-refractivity contribution in [3.05, 3.63) is 76.1 Å². The fourth-order valence-corrected chi connectivity index (χ4v) is 2.31. The van der Waals surface area contributed by atoms with Gasteiger partial charge in [-0.3, -0.25) is 4.79 Å². The first-order valence-electron chi connectivity index (χ1n) is 7.60. The van der Waals surface area contributed by atoms with Crippen LogP contribution >= 0.6 is 0 Å². The number of benzene rings is 2. The van der Waals surface area contributed by atoms with E-state index in [2.05, 4.69) is 5.32 Å². The molecule has 0 saturated heterocycles.